The first kappa shape index (κ1) is 8.52. The lowest BCUT2D eigenvalue weighted by Crippen LogP contribution is -2.49. The molecule has 0 saturated carbocycles. The smallest absolute Gasteiger partial charge is 0.0843 e. The van der Waals surface area contributed by atoms with E-state index in [1.807, 2.05) is 0 Å². The molecule has 2 saturated heterocycles. The minimum absolute atomic E-state index is 0.271. The molecule has 12 heavy (non-hydrogen) atoms. The molecule has 2 aliphatic heterocycles. The quantitative estimate of drug-likeness (QED) is 0.546. The second-order valence-electron chi connectivity index (χ2n) is 5.12. The van der Waals surface area contributed by atoms with Crippen LogP contribution < -0.4 is 0 Å². The van der Waals surface area contributed by atoms with E-state index in [0.29, 0.717) is 5.54 Å². The van der Waals surface area contributed by atoms with E-state index >= 15 is 0 Å². The Morgan fingerprint density at radius 2 is 1.92 bits per heavy atom. The fourth-order valence-corrected chi connectivity index (χ4v) is 2.13. The summed E-state index contributed by atoms with van der Waals surface area (Å²) in [7, 11) is 0. The number of hydrogen-bond acceptors (Lipinski definition) is 2. The third-order valence-corrected chi connectivity index (χ3v) is 3.23. The molecule has 2 fully saturated rings. The fraction of sp³-hybridized carbons (Fsp3) is 1.00. The number of ether oxygens (including phenoxy) is 1. The van der Waals surface area contributed by atoms with Gasteiger partial charge in [-0.05, 0) is 27.2 Å². The lowest BCUT2D eigenvalue weighted by atomic mass is 9.94. The Hall–Kier alpha value is -0.0800. The van der Waals surface area contributed by atoms with Gasteiger partial charge < -0.3 is 4.74 Å². The molecule has 2 heteroatoms. The van der Waals surface area contributed by atoms with Crippen LogP contribution in [0, 0.1) is 0 Å². The predicted octanol–water partition coefficient (Wildman–Crippen LogP) is 1.65. The Labute approximate surface area is 74.9 Å². The Morgan fingerprint density at radius 1 is 1.25 bits per heavy atom. The van der Waals surface area contributed by atoms with Crippen LogP contribution in [0.25, 0.3) is 0 Å². The van der Waals surface area contributed by atoms with Gasteiger partial charge in [0, 0.05) is 25.0 Å². The van der Waals surface area contributed by atoms with Gasteiger partial charge in [0.25, 0.3) is 0 Å². The highest BCUT2D eigenvalue weighted by Crippen LogP contribution is 2.38. The molecule has 0 aromatic carbocycles. The topological polar surface area (TPSA) is 12.5 Å². The second-order valence-corrected chi connectivity index (χ2v) is 5.12. The van der Waals surface area contributed by atoms with Crippen LogP contribution in [0.3, 0.4) is 0 Å². The van der Waals surface area contributed by atoms with Crippen molar-refractivity contribution >= 4 is 0 Å². The van der Waals surface area contributed by atoms with Gasteiger partial charge in [0.15, 0.2) is 0 Å². The van der Waals surface area contributed by atoms with Crippen LogP contribution in [0.15, 0.2) is 0 Å². The summed E-state index contributed by atoms with van der Waals surface area (Å²) < 4.78 is 5.66. The lowest BCUT2D eigenvalue weighted by Gasteiger charge is -2.40. The van der Waals surface area contributed by atoms with Crippen molar-refractivity contribution in [3.05, 3.63) is 0 Å². The van der Waals surface area contributed by atoms with Gasteiger partial charge in [-0.25, -0.2) is 0 Å². The molecule has 1 spiro atoms. The maximum atomic E-state index is 5.66. The van der Waals surface area contributed by atoms with Crippen molar-refractivity contribution < 1.29 is 4.74 Å². The number of rotatable bonds is 0. The Kier molecular flexibility index (Phi) is 1.74. The minimum Gasteiger partial charge on any atom is -0.373 e. The van der Waals surface area contributed by atoms with Crippen molar-refractivity contribution in [1.82, 2.24) is 4.90 Å². The van der Waals surface area contributed by atoms with E-state index in [0.717, 1.165) is 13.2 Å². The third kappa shape index (κ3) is 1.27. The summed E-state index contributed by atoms with van der Waals surface area (Å²) in [5, 5.41) is 0. The zero-order valence-corrected chi connectivity index (χ0v) is 8.39. The van der Waals surface area contributed by atoms with E-state index in [-0.39, 0.29) is 5.60 Å². The second kappa shape index (κ2) is 2.46. The highest BCUT2D eigenvalue weighted by molar-refractivity contribution is 4.99. The van der Waals surface area contributed by atoms with Crippen molar-refractivity contribution in [1.29, 1.82) is 0 Å². The Bertz CT molecular complexity index is 179. The third-order valence-electron chi connectivity index (χ3n) is 3.23. The average molecular weight is 169 g/mol. The van der Waals surface area contributed by atoms with E-state index in [9.17, 15) is 0 Å². The maximum absolute atomic E-state index is 5.66. The standard InChI is InChI=1S/C10H19NO/c1-9(2,3)11-6-4-10(8-11)5-7-12-10/h4-8H2,1-3H3. The largest absolute Gasteiger partial charge is 0.373 e. The molecular weight excluding hydrogens is 150 g/mol. The Morgan fingerprint density at radius 3 is 2.17 bits per heavy atom. The zero-order chi connectivity index (χ0) is 8.82. The maximum Gasteiger partial charge on any atom is 0.0843 e. The van der Waals surface area contributed by atoms with E-state index in [1.54, 1.807) is 0 Å². The van der Waals surface area contributed by atoms with Gasteiger partial charge in [0.2, 0.25) is 0 Å². The van der Waals surface area contributed by atoms with E-state index < -0.39 is 0 Å². The fourth-order valence-electron chi connectivity index (χ4n) is 2.13. The molecule has 0 N–H and O–H groups in total. The van der Waals surface area contributed by atoms with Crippen molar-refractivity contribution in [2.75, 3.05) is 19.7 Å². The molecular formula is C10H19NO. The summed E-state index contributed by atoms with van der Waals surface area (Å²) in [6.07, 6.45) is 2.52. The molecule has 0 aromatic heterocycles. The minimum atomic E-state index is 0.271. The van der Waals surface area contributed by atoms with Crippen LogP contribution in [0.5, 0.6) is 0 Å². The van der Waals surface area contributed by atoms with Crippen molar-refractivity contribution in [2.45, 2.75) is 44.8 Å². The molecule has 2 aliphatic rings. The van der Waals surface area contributed by atoms with Crippen molar-refractivity contribution in [3.8, 4) is 0 Å². The molecule has 0 aromatic rings. The highest BCUT2D eigenvalue weighted by atomic mass is 16.5. The molecule has 2 rings (SSSR count). The molecule has 1 unspecified atom stereocenters. The molecule has 0 aliphatic carbocycles. The van der Waals surface area contributed by atoms with Gasteiger partial charge in [0.1, 0.15) is 0 Å². The predicted molar refractivity (Wildman–Crippen MR) is 49.2 cm³/mol. The van der Waals surface area contributed by atoms with Crippen LogP contribution >= 0.6 is 0 Å². The van der Waals surface area contributed by atoms with Crippen LogP contribution in [-0.4, -0.2) is 35.7 Å². The molecule has 0 amide bonds. The lowest BCUT2D eigenvalue weighted by molar-refractivity contribution is -0.139. The van der Waals surface area contributed by atoms with Crippen molar-refractivity contribution in [3.63, 3.8) is 0 Å². The number of likely N-dealkylation sites (tertiary alicyclic amines) is 1. The molecule has 70 valence electrons. The molecule has 0 radical (unpaired) electrons. The van der Waals surface area contributed by atoms with E-state index in [2.05, 4.69) is 25.7 Å². The van der Waals surface area contributed by atoms with Gasteiger partial charge in [-0.1, -0.05) is 0 Å². The number of nitrogens with zero attached hydrogens (tertiary/aromatic N) is 1. The summed E-state index contributed by atoms with van der Waals surface area (Å²) in [4.78, 5) is 2.53. The molecule has 1 atom stereocenters. The zero-order valence-electron chi connectivity index (χ0n) is 8.39. The number of hydrogen-bond donors (Lipinski definition) is 0. The summed E-state index contributed by atoms with van der Waals surface area (Å²) in [5.74, 6) is 0. The van der Waals surface area contributed by atoms with Crippen molar-refractivity contribution in [2.24, 2.45) is 0 Å². The summed E-state index contributed by atoms with van der Waals surface area (Å²) in [6, 6.07) is 0. The summed E-state index contributed by atoms with van der Waals surface area (Å²) >= 11 is 0. The molecule has 2 nitrogen and oxygen atoms in total. The average Bonchev–Trinajstić information content (AvgIpc) is 2.26. The van der Waals surface area contributed by atoms with Gasteiger partial charge in [0.05, 0.1) is 12.2 Å². The monoisotopic (exact) mass is 169 g/mol. The SMILES string of the molecule is CC(C)(C)N1CCC2(CCO2)C1. The van der Waals surface area contributed by atoms with Gasteiger partial charge >= 0.3 is 0 Å². The first-order valence-corrected chi connectivity index (χ1v) is 4.91. The Balaban J connectivity index is 1.98. The van der Waals surface area contributed by atoms with Gasteiger partial charge in [-0.15, -0.1) is 0 Å². The summed E-state index contributed by atoms with van der Waals surface area (Å²) in [6.45, 7) is 10.2. The molecule has 2 heterocycles. The first-order valence-electron chi connectivity index (χ1n) is 4.91. The van der Waals surface area contributed by atoms with Gasteiger partial charge in [-0.3, -0.25) is 4.90 Å². The molecule has 0 bridgehead atoms. The normalized spacial score (nSPS) is 37.2. The summed E-state index contributed by atoms with van der Waals surface area (Å²) in [5.41, 5.74) is 0.593. The van der Waals surface area contributed by atoms with E-state index in [4.69, 9.17) is 4.74 Å². The van der Waals surface area contributed by atoms with Crippen LogP contribution in [0.2, 0.25) is 0 Å². The highest BCUT2D eigenvalue weighted by Gasteiger charge is 2.46. The van der Waals surface area contributed by atoms with Crippen LogP contribution in [-0.2, 0) is 4.74 Å². The van der Waals surface area contributed by atoms with E-state index in [1.165, 1.54) is 19.4 Å². The van der Waals surface area contributed by atoms with Gasteiger partial charge in [-0.2, -0.15) is 0 Å². The first-order chi connectivity index (χ1) is 5.52. The van der Waals surface area contributed by atoms with Crippen LogP contribution in [0.4, 0.5) is 0 Å². The van der Waals surface area contributed by atoms with Crippen LogP contribution in [0.1, 0.15) is 33.6 Å².